The fourth-order valence-corrected chi connectivity index (χ4v) is 1.85. The second kappa shape index (κ2) is 6.45. The number of hydrogen-bond acceptors (Lipinski definition) is 3. The zero-order valence-electron chi connectivity index (χ0n) is 10.5. The molecule has 0 amide bonds. The quantitative estimate of drug-likeness (QED) is 0.676. The molecule has 2 aromatic carbocycles. The maximum Gasteiger partial charge on any atom is 0.269 e. The fourth-order valence-electron chi connectivity index (χ4n) is 1.74. The van der Waals surface area contributed by atoms with Crippen LogP contribution >= 0.6 is 11.6 Å². The molecule has 0 unspecified atom stereocenters. The Morgan fingerprint density at radius 2 is 1.70 bits per heavy atom. The minimum Gasteiger partial charge on any atom is -0.309 e. The highest BCUT2D eigenvalue weighted by atomic mass is 35.5. The number of non-ortho nitro benzene ring substituents is 1. The lowest BCUT2D eigenvalue weighted by Crippen LogP contribution is -2.12. The lowest BCUT2D eigenvalue weighted by molar-refractivity contribution is -0.384. The van der Waals surface area contributed by atoms with Gasteiger partial charge in [0.05, 0.1) is 9.95 Å². The van der Waals surface area contributed by atoms with Crippen molar-refractivity contribution in [2.75, 3.05) is 0 Å². The van der Waals surface area contributed by atoms with Gasteiger partial charge in [0.15, 0.2) is 0 Å². The molecule has 0 spiro atoms. The van der Waals surface area contributed by atoms with Crippen LogP contribution in [0.3, 0.4) is 0 Å². The second-order valence-electron chi connectivity index (χ2n) is 4.28. The van der Waals surface area contributed by atoms with Gasteiger partial charge in [0.2, 0.25) is 0 Å². The number of nitro groups is 1. The van der Waals surface area contributed by atoms with Crippen LogP contribution in [0.2, 0.25) is 5.02 Å². The van der Waals surface area contributed by atoms with E-state index in [-0.39, 0.29) is 10.7 Å². The first-order valence-electron chi connectivity index (χ1n) is 5.94. The molecule has 0 aliphatic rings. The Morgan fingerprint density at radius 3 is 2.30 bits per heavy atom. The highest BCUT2D eigenvalue weighted by Gasteiger charge is 2.04. The highest BCUT2D eigenvalue weighted by molar-refractivity contribution is 6.30. The SMILES string of the molecule is O=[N+]([O-])c1ccc(CNCc2ccc(Cl)c(F)c2)cc1. The van der Waals surface area contributed by atoms with Crippen molar-refractivity contribution in [2.45, 2.75) is 13.1 Å². The molecule has 0 fully saturated rings. The van der Waals surface area contributed by atoms with Gasteiger partial charge in [-0.25, -0.2) is 4.39 Å². The first-order valence-corrected chi connectivity index (χ1v) is 6.32. The Bertz CT molecular complexity index is 617. The fraction of sp³-hybridized carbons (Fsp3) is 0.143. The molecule has 0 heterocycles. The van der Waals surface area contributed by atoms with Crippen molar-refractivity contribution in [1.82, 2.24) is 5.32 Å². The highest BCUT2D eigenvalue weighted by Crippen LogP contribution is 2.16. The van der Waals surface area contributed by atoms with Crippen molar-refractivity contribution in [3.05, 3.63) is 74.5 Å². The van der Waals surface area contributed by atoms with Crippen LogP contribution in [0.5, 0.6) is 0 Å². The van der Waals surface area contributed by atoms with Crippen LogP contribution in [-0.2, 0) is 13.1 Å². The van der Waals surface area contributed by atoms with Crippen LogP contribution in [-0.4, -0.2) is 4.92 Å². The molecule has 0 aliphatic carbocycles. The van der Waals surface area contributed by atoms with Gasteiger partial charge in [-0.2, -0.15) is 0 Å². The first kappa shape index (κ1) is 14.4. The zero-order valence-corrected chi connectivity index (χ0v) is 11.2. The average Bonchev–Trinajstić information content (AvgIpc) is 2.43. The maximum atomic E-state index is 13.2. The van der Waals surface area contributed by atoms with Crippen molar-refractivity contribution in [3.63, 3.8) is 0 Å². The van der Waals surface area contributed by atoms with E-state index in [1.165, 1.54) is 24.3 Å². The number of nitrogens with one attached hydrogen (secondary N) is 1. The van der Waals surface area contributed by atoms with Gasteiger partial charge in [-0.05, 0) is 23.3 Å². The molecular weight excluding hydrogens is 283 g/mol. The zero-order chi connectivity index (χ0) is 14.5. The Kier molecular flexibility index (Phi) is 4.65. The van der Waals surface area contributed by atoms with Crippen LogP contribution in [0.15, 0.2) is 42.5 Å². The van der Waals surface area contributed by atoms with Crippen LogP contribution in [0.4, 0.5) is 10.1 Å². The van der Waals surface area contributed by atoms with Gasteiger partial charge < -0.3 is 5.32 Å². The molecule has 0 atom stereocenters. The van der Waals surface area contributed by atoms with Gasteiger partial charge >= 0.3 is 0 Å². The summed E-state index contributed by atoms with van der Waals surface area (Å²) in [7, 11) is 0. The van der Waals surface area contributed by atoms with E-state index in [4.69, 9.17) is 11.6 Å². The molecule has 4 nitrogen and oxygen atoms in total. The van der Waals surface area contributed by atoms with Gasteiger partial charge in [0.1, 0.15) is 5.82 Å². The number of nitrogens with zero attached hydrogens (tertiary/aromatic N) is 1. The molecule has 0 aromatic heterocycles. The minimum atomic E-state index is -0.443. The van der Waals surface area contributed by atoms with Crippen molar-refractivity contribution >= 4 is 17.3 Å². The van der Waals surface area contributed by atoms with E-state index in [0.29, 0.717) is 13.1 Å². The molecule has 104 valence electrons. The molecule has 0 aliphatic heterocycles. The Labute approximate surface area is 120 Å². The number of nitro benzene ring substituents is 1. The summed E-state index contributed by atoms with van der Waals surface area (Å²) in [5.74, 6) is -0.443. The van der Waals surface area contributed by atoms with E-state index in [1.54, 1.807) is 18.2 Å². The molecule has 2 aromatic rings. The summed E-state index contributed by atoms with van der Waals surface area (Å²) in [5, 5.41) is 13.7. The van der Waals surface area contributed by atoms with Crippen LogP contribution in [0.1, 0.15) is 11.1 Å². The van der Waals surface area contributed by atoms with E-state index < -0.39 is 10.7 Å². The van der Waals surface area contributed by atoms with Gasteiger partial charge in [-0.15, -0.1) is 0 Å². The van der Waals surface area contributed by atoms with Crippen molar-refractivity contribution in [2.24, 2.45) is 0 Å². The third kappa shape index (κ3) is 3.76. The number of halogens is 2. The second-order valence-corrected chi connectivity index (χ2v) is 4.68. The summed E-state index contributed by atoms with van der Waals surface area (Å²) in [6.07, 6.45) is 0. The van der Waals surface area contributed by atoms with Crippen molar-refractivity contribution in [3.8, 4) is 0 Å². The summed E-state index contributed by atoms with van der Waals surface area (Å²) < 4.78 is 13.2. The van der Waals surface area contributed by atoms with Gasteiger partial charge in [0.25, 0.3) is 5.69 Å². The molecule has 20 heavy (non-hydrogen) atoms. The van der Waals surface area contributed by atoms with E-state index in [2.05, 4.69) is 5.32 Å². The van der Waals surface area contributed by atoms with E-state index in [9.17, 15) is 14.5 Å². The predicted molar refractivity (Wildman–Crippen MR) is 75.1 cm³/mol. The molecule has 0 saturated carbocycles. The van der Waals surface area contributed by atoms with Crippen molar-refractivity contribution < 1.29 is 9.31 Å². The molecule has 2 rings (SSSR count). The smallest absolute Gasteiger partial charge is 0.269 e. The molecule has 0 radical (unpaired) electrons. The van der Waals surface area contributed by atoms with Crippen molar-refractivity contribution in [1.29, 1.82) is 0 Å². The maximum absolute atomic E-state index is 13.2. The minimum absolute atomic E-state index is 0.0634. The third-order valence-electron chi connectivity index (χ3n) is 2.79. The molecule has 1 N–H and O–H groups in total. The number of rotatable bonds is 5. The van der Waals surface area contributed by atoms with E-state index in [0.717, 1.165) is 11.1 Å². The Morgan fingerprint density at radius 1 is 1.10 bits per heavy atom. The topological polar surface area (TPSA) is 55.2 Å². The Hall–Kier alpha value is -1.98. The first-order chi connectivity index (χ1) is 9.56. The van der Waals surface area contributed by atoms with Gasteiger partial charge in [-0.1, -0.05) is 29.8 Å². The van der Waals surface area contributed by atoms with Crippen LogP contribution in [0, 0.1) is 15.9 Å². The Balaban J connectivity index is 1.89. The third-order valence-corrected chi connectivity index (χ3v) is 3.10. The summed E-state index contributed by atoms with van der Waals surface area (Å²) in [6.45, 7) is 1.04. The lowest BCUT2D eigenvalue weighted by atomic mass is 10.2. The summed E-state index contributed by atoms with van der Waals surface area (Å²) in [6, 6.07) is 10.9. The van der Waals surface area contributed by atoms with Gasteiger partial charge in [0, 0.05) is 25.2 Å². The standard InChI is InChI=1S/C14H12ClFN2O2/c15-13-6-3-11(7-14(13)16)9-17-8-10-1-4-12(5-2-10)18(19)20/h1-7,17H,8-9H2. The normalized spacial score (nSPS) is 10.5. The summed E-state index contributed by atoms with van der Waals surface area (Å²) in [4.78, 5) is 10.1. The van der Waals surface area contributed by atoms with E-state index in [1.807, 2.05) is 0 Å². The molecule has 0 saturated heterocycles. The lowest BCUT2D eigenvalue weighted by Gasteiger charge is -2.06. The van der Waals surface area contributed by atoms with Crippen LogP contribution in [0.25, 0.3) is 0 Å². The molecule has 0 bridgehead atoms. The monoisotopic (exact) mass is 294 g/mol. The van der Waals surface area contributed by atoms with E-state index >= 15 is 0 Å². The molecular formula is C14H12ClFN2O2. The molecule has 6 heteroatoms. The summed E-state index contributed by atoms with van der Waals surface area (Å²) in [5.41, 5.74) is 1.77. The predicted octanol–water partition coefficient (Wildman–Crippen LogP) is 3.68. The largest absolute Gasteiger partial charge is 0.309 e. The number of benzene rings is 2. The number of hydrogen-bond donors (Lipinski definition) is 1. The average molecular weight is 295 g/mol. The van der Waals surface area contributed by atoms with Gasteiger partial charge in [-0.3, -0.25) is 10.1 Å². The van der Waals surface area contributed by atoms with Crippen LogP contribution < -0.4 is 5.32 Å². The summed E-state index contributed by atoms with van der Waals surface area (Å²) >= 11 is 5.60.